The summed E-state index contributed by atoms with van der Waals surface area (Å²) in [5.74, 6) is 0. The highest BCUT2D eigenvalue weighted by atomic mass is 35.5. The second-order valence-electron chi connectivity index (χ2n) is 3.73. The fourth-order valence-corrected chi connectivity index (χ4v) is 3.06. The average Bonchev–Trinajstić information content (AvgIpc) is 2.39. The summed E-state index contributed by atoms with van der Waals surface area (Å²) in [4.78, 5) is 0.0148. The van der Waals surface area contributed by atoms with E-state index in [1.54, 1.807) is 12.1 Å². The first kappa shape index (κ1) is 13.4. The molecule has 0 saturated heterocycles. The fourth-order valence-electron chi connectivity index (χ4n) is 1.49. The Labute approximate surface area is 116 Å². The number of sulfonamides is 1. The molecule has 0 fully saturated rings. The molecule has 2 aromatic carbocycles. The van der Waals surface area contributed by atoms with E-state index in [1.165, 1.54) is 36.4 Å². The van der Waals surface area contributed by atoms with Crippen molar-refractivity contribution in [3.05, 3.63) is 59.1 Å². The Kier molecular flexibility index (Phi) is 3.74. The monoisotopic (exact) mass is 292 g/mol. The van der Waals surface area contributed by atoms with E-state index >= 15 is 0 Å². The molecule has 0 saturated carbocycles. The minimum Gasteiger partial charge on any atom is -0.280 e. The van der Waals surface area contributed by atoms with Gasteiger partial charge in [0.15, 0.2) is 0 Å². The van der Waals surface area contributed by atoms with Gasteiger partial charge >= 0.3 is 0 Å². The average molecular weight is 293 g/mol. The van der Waals surface area contributed by atoms with Gasteiger partial charge in [0.2, 0.25) is 0 Å². The summed E-state index contributed by atoms with van der Waals surface area (Å²) in [5, 5.41) is 8.83. The zero-order valence-electron chi connectivity index (χ0n) is 9.67. The molecule has 19 heavy (non-hydrogen) atoms. The highest BCUT2D eigenvalue weighted by Gasteiger charge is 2.17. The predicted molar refractivity (Wildman–Crippen MR) is 73.4 cm³/mol. The third-order valence-corrected chi connectivity index (χ3v) is 4.27. The summed E-state index contributed by atoms with van der Waals surface area (Å²) in [6.45, 7) is 0. The summed E-state index contributed by atoms with van der Waals surface area (Å²) < 4.78 is 26.6. The molecule has 1 N–H and O–H groups in total. The molecule has 0 aromatic heterocycles. The second kappa shape index (κ2) is 5.31. The molecule has 0 aliphatic rings. The van der Waals surface area contributed by atoms with Crippen molar-refractivity contribution >= 4 is 27.3 Å². The maximum atomic E-state index is 12.1. The van der Waals surface area contributed by atoms with Gasteiger partial charge in [0.1, 0.15) is 4.90 Å². The molecule has 0 spiro atoms. The Morgan fingerprint density at radius 3 is 2.26 bits per heavy atom. The molecule has 0 unspecified atom stereocenters. The zero-order chi connectivity index (χ0) is 13.9. The first-order chi connectivity index (χ1) is 9.03. The van der Waals surface area contributed by atoms with Crippen LogP contribution in [0.2, 0.25) is 5.02 Å². The Morgan fingerprint density at radius 2 is 1.68 bits per heavy atom. The van der Waals surface area contributed by atoms with Gasteiger partial charge in [-0.3, -0.25) is 4.72 Å². The van der Waals surface area contributed by atoms with Crippen LogP contribution in [0.5, 0.6) is 0 Å². The van der Waals surface area contributed by atoms with Crippen LogP contribution in [-0.4, -0.2) is 8.42 Å². The molecule has 6 heteroatoms. The number of rotatable bonds is 3. The molecule has 0 aliphatic heterocycles. The summed E-state index contributed by atoms with van der Waals surface area (Å²) >= 11 is 5.86. The van der Waals surface area contributed by atoms with E-state index in [0.29, 0.717) is 11.3 Å². The van der Waals surface area contributed by atoms with Crippen molar-refractivity contribution in [2.45, 2.75) is 4.90 Å². The third-order valence-electron chi connectivity index (χ3n) is 2.39. The van der Waals surface area contributed by atoms with E-state index in [-0.39, 0.29) is 9.92 Å². The van der Waals surface area contributed by atoms with Crippen LogP contribution in [0, 0.1) is 11.3 Å². The molecule has 0 bridgehead atoms. The lowest BCUT2D eigenvalue weighted by Gasteiger charge is -2.09. The Hall–Kier alpha value is -2.03. The molecular weight excluding hydrogens is 284 g/mol. The van der Waals surface area contributed by atoms with Crippen LogP contribution in [-0.2, 0) is 10.0 Å². The van der Waals surface area contributed by atoms with Crippen LogP contribution >= 0.6 is 11.6 Å². The summed E-state index contributed by atoms with van der Waals surface area (Å²) in [6.07, 6.45) is 0. The van der Waals surface area contributed by atoms with Gasteiger partial charge in [0.05, 0.1) is 16.7 Å². The molecule has 0 radical (unpaired) electrons. The number of nitrogens with one attached hydrogen (secondary N) is 1. The molecule has 4 nitrogen and oxygen atoms in total. The standard InChI is InChI=1S/C13H9ClN2O2S/c14-12-3-1-2-4-13(12)19(17,18)16-11-7-5-10(9-15)6-8-11/h1-8,16H. The number of hydrogen-bond acceptors (Lipinski definition) is 3. The third kappa shape index (κ3) is 3.05. The highest BCUT2D eigenvalue weighted by Crippen LogP contribution is 2.23. The quantitative estimate of drug-likeness (QED) is 0.945. The van der Waals surface area contributed by atoms with E-state index in [0.717, 1.165) is 0 Å². The molecule has 0 amide bonds. The lowest BCUT2D eigenvalue weighted by molar-refractivity contribution is 0.601. The molecule has 2 aromatic rings. The zero-order valence-corrected chi connectivity index (χ0v) is 11.2. The van der Waals surface area contributed by atoms with Crippen LogP contribution in [0.4, 0.5) is 5.69 Å². The van der Waals surface area contributed by atoms with Gasteiger partial charge in [-0.05, 0) is 36.4 Å². The number of hydrogen-bond donors (Lipinski definition) is 1. The molecule has 0 aliphatic carbocycles. The molecule has 96 valence electrons. The van der Waals surface area contributed by atoms with Gasteiger partial charge in [0.25, 0.3) is 10.0 Å². The van der Waals surface area contributed by atoms with Crippen molar-refractivity contribution in [1.82, 2.24) is 0 Å². The van der Waals surface area contributed by atoms with Crippen molar-refractivity contribution in [2.75, 3.05) is 4.72 Å². The van der Waals surface area contributed by atoms with Crippen molar-refractivity contribution in [3.63, 3.8) is 0 Å². The van der Waals surface area contributed by atoms with E-state index in [4.69, 9.17) is 16.9 Å². The first-order valence-electron chi connectivity index (χ1n) is 5.30. The summed E-state index contributed by atoms with van der Waals surface area (Å²) in [5.41, 5.74) is 0.833. The summed E-state index contributed by atoms with van der Waals surface area (Å²) in [6, 6.07) is 14.3. The van der Waals surface area contributed by atoms with Crippen LogP contribution < -0.4 is 4.72 Å². The van der Waals surface area contributed by atoms with Gasteiger partial charge in [-0.2, -0.15) is 5.26 Å². The number of nitrogens with zero attached hydrogens (tertiary/aromatic N) is 1. The van der Waals surface area contributed by atoms with E-state index < -0.39 is 10.0 Å². The van der Waals surface area contributed by atoms with E-state index in [9.17, 15) is 8.42 Å². The highest BCUT2D eigenvalue weighted by molar-refractivity contribution is 7.92. The summed E-state index contributed by atoms with van der Waals surface area (Å²) in [7, 11) is -3.73. The van der Waals surface area contributed by atoms with Crippen LogP contribution in [0.15, 0.2) is 53.4 Å². The number of halogens is 1. The lowest BCUT2D eigenvalue weighted by atomic mass is 10.2. The Balaban J connectivity index is 2.32. The largest absolute Gasteiger partial charge is 0.280 e. The van der Waals surface area contributed by atoms with Gasteiger partial charge < -0.3 is 0 Å². The van der Waals surface area contributed by atoms with Crippen molar-refractivity contribution < 1.29 is 8.42 Å². The Bertz CT molecular complexity index is 734. The van der Waals surface area contributed by atoms with Crippen LogP contribution in [0.3, 0.4) is 0 Å². The SMILES string of the molecule is N#Cc1ccc(NS(=O)(=O)c2ccccc2Cl)cc1. The maximum absolute atomic E-state index is 12.1. The first-order valence-corrected chi connectivity index (χ1v) is 7.16. The van der Waals surface area contributed by atoms with E-state index in [2.05, 4.69) is 4.72 Å². The van der Waals surface area contributed by atoms with Gasteiger partial charge in [0, 0.05) is 5.69 Å². The maximum Gasteiger partial charge on any atom is 0.263 e. The smallest absolute Gasteiger partial charge is 0.263 e. The van der Waals surface area contributed by atoms with Gasteiger partial charge in [-0.15, -0.1) is 0 Å². The van der Waals surface area contributed by atoms with Gasteiger partial charge in [-0.25, -0.2) is 8.42 Å². The number of benzene rings is 2. The van der Waals surface area contributed by atoms with Crippen molar-refractivity contribution in [3.8, 4) is 6.07 Å². The van der Waals surface area contributed by atoms with Crippen LogP contribution in [0.25, 0.3) is 0 Å². The molecule has 0 atom stereocenters. The number of anilines is 1. The van der Waals surface area contributed by atoms with Gasteiger partial charge in [-0.1, -0.05) is 23.7 Å². The minimum atomic E-state index is -3.73. The predicted octanol–water partition coefficient (Wildman–Crippen LogP) is 3.01. The molecule has 2 rings (SSSR count). The van der Waals surface area contributed by atoms with Crippen molar-refractivity contribution in [1.29, 1.82) is 5.26 Å². The van der Waals surface area contributed by atoms with Crippen molar-refractivity contribution in [2.24, 2.45) is 0 Å². The Morgan fingerprint density at radius 1 is 1.05 bits per heavy atom. The molecule has 0 heterocycles. The van der Waals surface area contributed by atoms with Crippen LogP contribution in [0.1, 0.15) is 5.56 Å². The normalized spacial score (nSPS) is 10.7. The molecular formula is C13H9ClN2O2S. The fraction of sp³-hybridized carbons (Fsp3) is 0. The minimum absolute atomic E-state index is 0.0148. The lowest BCUT2D eigenvalue weighted by Crippen LogP contribution is -2.13. The second-order valence-corrected chi connectivity index (χ2v) is 5.78. The number of nitriles is 1. The van der Waals surface area contributed by atoms with E-state index in [1.807, 2.05) is 6.07 Å². The topological polar surface area (TPSA) is 70.0 Å².